The molecule has 1 atom stereocenters. The first-order chi connectivity index (χ1) is 9.00. The molecule has 1 fully saturated rings. The van der Waals surface area contributed by atoms with Crippen LogP contribution in [0, 0.1) is 15.9 Å². The Labute approximate surface area is 108 Å². The maximum Gasteiger partial charge on any atom is 0.305 e. The highest BCUT2D eigenvalue weighted by molar-refractivity contribution is 5.94. The summed E-state index contributed by atoms with van der Waals surface area (Å²) >= 11 is 0. The van der Waals surface area contributed by atoms with Crippen molar-refractivity contribution in [1.29, 1.82) is 0 Å². The number of carbonyl (C=O) groups is 1. The number of hydrogen-bond donors (Lipinski definition) is 0. The Balaban J connectivity index is 2.23. The van der Waals surface area contributed by atoms with E-state index in [2.05, 4.69) is 0 Å². The van der Waals surface area contributed by atoms with Gasteiger partial charge < -0.3 is 9.64 Å². The normalized spacial score (nSPS) is 18.3. The summed E-state index contributed by atoms with van der Waals surface area (Å²) in [6.45, 7) is 1.04. The summed E-state index contributed by atoms with van der Waals surface area (Å²) in [5.74, 6) is -1.33. The van der Waals surface area contributed by atoms with Gasteiger partial charge in [-0.3, -0.25) is 14.9 Å². The van der Waals surface area contributed by atoms with Crippen molar-refractivity contribution in [3.05, 3.63) is 39.7 Å². The van der Waals surface area contributed by atoms with E-state index in [-0.39, 0.29) is 17.5 Å². The Morgan fingerprint density at radius 1 is 1.58 bits per heavy atom. The van der Waals surface area contributed by atoms with Crippen LogP contribution in [0.3, 0.4) is 0 Å². The lowest BCUT2D eigenvalue weighted by Gasteiger charge is -2.23. The van der Waals surface area contributed by atoms with Gasteiger partial charge in [0.25, 0.3) is 5.91 Å². The van der Waals surface area contributed by atoms with Crippen LogP contribution in [0.5, 0.6) is 0 Å². The highest BCUT2D eigenvalue weighted by Crippen LogP contribution is 2.21. The predicted molar refractivity (Wildman–Crippen MR) is 64.4 cm³/mol. The average molecular weight is 268 g/mol. The summed E-state index contributed by atoms with van der Waals surface area (Å²) in [7, 11) is 1.61. The summed E-state index contributed by atoms with van der Waals surface area (Å²) in [5, 5.41) is 10.6. The van der Waals surface area contributed by atoms with E-state index in [1.165, 1.54) is 11.0 Å². The van der Waals surface area contributed by atoms with Crippen molar-refractivity contribution in [2.24, 2.45) is 0 Å². The highest BCUT2D eigenvalue weighted by Gasteiger charge is 2.26. The first-order valence-corrected chi connectivity index (χ1v) is 5.79. The number of ether oxygens (including phenoxy) is 1. The number of benzene rings is 1. The standard InChI is InChI=1S/C12H13FN2O4/c1-14(9-4-5-19-7-9)12(16)8-2-3-10(13)11(6-8)15(17)18/h2-3,6,9H,4-5,7H2,1H3. The van der Waals surface area contributed by atoms with E-state index in [1.54, 1.807) is 7.05 Å². The lowest BCUT2D eigenvalue weighted by atomic mass is 10.1. The van der Waals surface area contributed by atoms with E-state index >= 15 is 0 Å². The molecular weight excluding hydrogens is 255 g/mol. The van der Waals surface area contributed by atoms with Crippen LogP contribution in [0.25, 0.3) is 0 Å². The molecule has 1 aromatic rings. The van der Waals surface area contributed by atoms with E-state index < -0.39 is 16.4 Å². The van der Waals surface area contributed by atoms with Gasteiger partial charge in [0.2, 0.25) is 5.82 Å². The monoisotopic (exact) mass is 268 g/mol. The first-order valence-electron chi connectivity index (χ1n) is 5.79. The van der Waals surface area contributed by atoms with Crippen molar-refractivity contribution in [3.63, 3.8) is 0 Å². The highest BCUT2D eigenvalue weighted by atomic mass is 19.1. The second-order valence-corrected chi connectivity index (χ2v) is 4.36. The zero-order valence-corrected chi connectivity index (χ0v) is 10.3. The third-order valence-corrected chi connectivity index (χ3v) is 3.16. The maximum atomic E-state index is 13.2. The molecule has 0 aliphatic carbocycles. The largest absolute Gasteiger partial charge is 0.379 e. The van der Waals surface area contributed by atoms with Crippen molar-refractivity contribution >= 4 is 11.6 Å². The third-order valence-electron chi connectivity index (χ3n) is 3.16. The molecule has 6 nitrogen and oxygen atoms in total. The van der Waals surface area contributed by atoms with Crippen LogP contribution >= 0.6 is 0 Å². The van der Waals surface area contributed by atoms with Gasteiger partial charge in [0, 0.05) is 25.3 Å². The molecule has 7 heteroatoms. The van der Waals surface area contributed by atoms with Gasteiger partial charge in [0.05, 0.1) is 17.6 Å². The third kappa shape index (κ3) is 2.70. The molecule has 1 aromatic carbocycles. The van der Waals surface area contributed by atoms with Crippen LogP contribution in [0.15, 0.2) is 18.2 Å². The molecule has 1 heterocycles. The molecule has 0 N–H and O–H groups in total. The minimum absolute atomic E-state index is 0.0448. The number of likely N-dealkylation sites (N-methyl/N-ethyl adjacent to an activating group) is 1. The molecule has 19 heavy (non-hydrogen) atoms. The number of carbonyl (C=O) groups excluding carboxylic acids is 1. The molecule has 1 unspecified atom stereocenters. The molecule has 1 saturated heterocycles. The van der Waals surface area contributed by atoms with Gasteiger partial charge in [-0.1, -0.05) is 0 Å². The van der Waals surface area contributed by atoms with Gasteiger partial charge in [0.15, 0.2) is 0 Å². The van der Waals surface area contributed by atoms with Crippen molar-refractivity contribution in [2.75, 3.05) is 20.3 Å². The lowest BCUT2D eigenvalue weighted by Crippen LogP contribution is -2.37. The number of nitrogens with zero attached hydrogens (tertiary/aromatic N) is 2. The van der Waals surface area contributed by atoms with Crippen molar-refractivity contribution < 1.29 is 18.8 Å². The molecular formula is C12H13FN2O4. The lowest BCUT2D eigenvalue weighted by molar-refractivity contribution is -0.387. The van der Waals surface area contributed by atoms with Gasteiger partial charge >= 0.3 is 5.69 Å². The van der Waals surface area contributed by atoms with Gasteiger partial charge in [-0.25, -0.2) is 0 Å². The summed E-state index contributed by atoms with van der Waals surface area (Å²) in [4.78, 5) is 23.4. The van der Waals surface area contributed by atoms with E-state index in [4.69, 9.17) is 4.74 Å². The molecule has 102 valence electrons. The fraction of sp³-hybridized carbons (Fsp3) is 0.417. The number of hydrogen-bond acceptors (Lipinski definition) is 4. The van der Waals surface area contributed by atoms with E-state index in [1.807, 2.05) is 0 Å². The van der Waals surface area contributed by atoms with Gasteiger partial charge in [-0.05, 0) is 18.6 Å². The molecule has 0 spiro atoms. The van der Waals surface area contributed by atoms with Crippen LogP contribution in [0.2, 0.25) is 0 Å². The molecule has 1 aliphatic heterocycles. The quantitative estimate of drug-likeness (QED) is 0.616. The van der Waals surface area contributed by atoms with Crippen LogP contribution in [-0.2, 0) is 4.74 Å². The molecule has 0 bridgehead atoms. The Morgan fingerprint density at radius 3 is 2.89 bits per heavy atom. The number of amides is 1. The fourth-order valence-electron chi connectivity index (χ4n) is 1.98. The summed E-state index contributed by atoms with van der Waals surface area (Å²) in [6, 6.07) is 3.10. The summed E-state index contributed by atoms with van der Waals surface area (Å²) in [6.07, 6.45) is 0.728. The molecule has 1 aliphatic rings. The van der Waals surface area contributed by atoms with E-state index in [0.29, 0.717) is 13.2 Å². The molecule has 0 radical (unpaired) electrons. The summed E-state index contributed by atoms with van der Waals surface area (Å²) in [5.41, 5.74) is -0.593. The molecule has 0 saturated carbocycles. The zero-order valence-electron chi connectivity index (χ0n) is 10.3. The summed E-state index contributed by atoms with van der Waals surface area (Å²) < 4.78 is 18.4. The smallest absolute Gasteiger partial charge is 0.305 e. The van der Waals surface area contributed by atoms with E-state index in [9.17, 15) is 19.3 Å². The SMILES string of the molecule is CN(C(=O)c1ccc(F)c([N+](=O)[O-])c1)C1CCOC1. The molecule has 0 aromatic heterocycles. The van der Waals surface area contributed by atoms with Gasteiger partial charge in [-0.15, -0.1) is 0 Å². The number of halogens is 1. The van der Waals surface area contributed by atoms with Gasteiger partial charge in [-0.2, -0.15) is 4.39 Å². The Morgan fingerprint density at radius 2 is 2.32 bits per heavy atom. The minimum Gasteiger partial charge on any atom is -0.379 e. The number of nitro benzene ring substituents is 1. The molecule has 1 amide bonds. The number of nitro groups is 1. The van der Waals surface area contributed by atoms with Crippen molar-refractivity contribution in [2.45, 2.75) is 12.5 Å². The Hall–Kier alpha value is -2.02. The molecule has 2 rings (SSSR count). The van der Waals surface area contributed by atoms with Crippen LogP contribution < -0.4 is 0 Å². The van der Waals surface area contributed by atoms with E-state index in [0.717, 1.165) is 18.6 Å². The Kier molecular flexibility index (Phi) is 3.75. The van der Waals surface area contributed by atoms with Crippen molar-refractivity contribution in [3.8, 4) is 0 Å². The first kappa shape index (κ1) is 13.4. The van der Waals surface area contributed by atoms with Crippen LogP contribution in [-0.4, -0.2) is 42.0 Å². The minimum atomic E-state index is -0.951. The maximum absolute atomic E-state index is 13.2. The zero-order chi connectivity index (χ0) is 14.0. The Bertz CT molecular complexity index is 514. The topological polar surface area (TPSA) is 72.7 Å². The fourth-order valence-corrected chi connectivity index (χ4v) is 1.98. The number of rotatable bonds is 3. The van der Waals surface area contributed by atoms with Crippen LogP contribution in [0.4, 0.5) is 10.1 Å². The average Bonchev–Trinajstić information content (AvgIpc) is 2.91. The van der Waals surface area contributed by atoms with Crippen LogP contribution in [0.1, 0.15) is 16.8 Å². The second kappa shape index (κ2) is 5.31. The van der Waals surface area contributed by atoms with Crippen molar-refractivity contribution in [1.82, 2.24) is 4.90 Å². The van der Waals surface area contributed by atoms with Gasteiger partial charge in [0.1, 0.15) is 0 Å². The predicted octanol–water partition coefficient (Wildman–Crippen LogP) is 1.59. The second-order valence-electron chi connectivity index (χ2n) is 4.36.